The van der Waals surface area contributed by atoms with Gasteiger partial charge >= 0.3 is 6.18 Å². The lowest BCUT2D eigenvalue weighted by atomic mass is 9.97. The molecule has 2 heterocycles. The van der Waals surface area contributed by atoms with Gasteiger partial charge in [0.1, 0.15) is 6.04 Å². The van der Waals surface area contributed by atoms with Crippen molar-refractivity contribution in [1.29, 1.82) is 0 Å². The SMILES string of the molecule is CC(C)C[C@@H](C(=O)N[C@@H]1CC[C@H]2CN(Cc3cccc(C(F)(F)F)c3)C[C@H]21)N1CCCS1(=O)=O. The van der Waals surface area contributed by atoms with Crippen molar-refractivity contribution in [2.45, 2.75) is 64.3 Å². The van der Waals surface area contributed by atoms with E-state index in [1.54, 1.807) is 6.07 Å². The molecule has 4 atom stereocenters. The number of rotatable bonds is 7. The molecule has 1 amide bonds. The zero-order valence-electron chi connectivity index (χ0n) is 19.7. The van der Waals surface area contributed by atoms with Crippen LogP contribution in [0, 0.1) is 17.8 Å². The Morgan fingerprint density at radius 2 is 1.97 bits per heavy atom. The smallest absolute Gasteiger partial charge is 0.352 e. The van der Waals surface area contributed by atoms with E-state index in [1.807, 2.05) is 13.8 Å². The number of carbonyl (C=O) groups is 1. The maximum atomic E-state index is 13.3. The van der Waals surface area contributed by atoms with Gasteiger partial charge in [0, 0.05) is 32.2 Å². The molecule has 1 aromatic rings. The number of nitrogens with zero attached hydrogens (tertiary/aromatic N) is 2. The van der Waals surface area contributed by atoms with Crippen molar-refractivity contribution in [3.63, 3.8) is 0 Å². The van der Waals surface area contributed by atoms with Gasteiger partial charge in [-0.15, -0.1) is 0 Å². The molecule has 0 aromatic heterocycles. The largest absolute Gasteiger partial charge is 0.416 e. The van der Waals surface area contributed by atoms with Crippen LogP contribution in [0.4, 0.5) is 13.2 Å². The summed E-state index contributed by atoms with van der Waals surface area (Å²) in [4.78, 5) is 15.4. The monoisotopic (exact) mass is 501 g/mol. The van der Waals surface area contributed by atoms with Gasteiger partial charge in [0.2, 0.25) is 15.9 Å². The first kappa shape index (κ1) is 25.4. The highest BCUT2D eigenvalue weighted by molar-refractivity contribution is 7.89. The first-order valence-electron chi connectivity index (χ1n) is 12.1. The Morgan fingerprint density at radius 3 is 2.62 bits per heavy atom. The van der Waals surface area contributed by atoms with Crippen LogP contribution in [-0.4, -0.2) is 61.0 Å². The number of fused-ring (bicyclic) bond motifs is 1. The minimum Gasteiger partial charge on any atom is -0.352 e. The van der Waals surface area contributed by atoms with Crippen LogP contribution >= 0.6 is 0 Å². The maximum Gasteiger partial charge on any atom is 0.416 e. The molecule has 10 heteroatoms. The quantitative estimate of drug-likeness (QED) is 0.621. The molecule has 3 fully saturated rings. The zero-order chi connectivity index (χ0) is 24.7. The fraction of sp³-hybridized carbons (Fsp3) is 0.708. The molecular weight excluding hydrogens is 467 g/mol. The number of likely N-dealkylation sites (tertiary alicyclic amines) is 1. The Bertz CT molecular complexity index is 999. The highest BCUT2D eigenvalue weighted by Crippen LogP contribution is 2.39. The number of carbonyl (C=O) groups excluding carboxylic acids is 1. The number of hydrogen-bond donors (Lipinski definition) is 1. The molecular formula is C24H34F3N3O3S. The third-order valence-electron chi connectivity index (χ3n) is 7.40. The second-order valence-electron chi connectivity index (χ2n) is 10.4. The summed E-state index contributed by atoms with van der Waals surface area (Å²) in [5, 5.41) is 3.16. The van der Waals surface area contributed by atoms with E-state index in [0.717, 1.165) is 25.5 Å². The molecule has 6 nitrogen and oxygen atoms in total. The van der Waals surface area contributed by atoms with Gasteiger partial charge in [-0.05, 0) is 55.1 Å². The van der Waals surface area contributed by atoms with E-state index in [1.165, 1.54) is 16.4 Å². The summed E-state index contributed by atoms with van der Waals surface area (Å²) in [7, 11) is -3.40. The Balaban J connectivity index is 1.40. The average Bonchev–Trinajstić information content (AvgIpc) is 3.40. The van der Waals surface area contributed by atoms with Crippen molar-refractivity contribution in [2.75, 3.05) is 25.4 Å². The van der Waals surface area contributed by atoms with Crippen molar-refractivity contribution >= 4 is 15.9 Å². The topological polar surface area (TPSA) is 69.7 Å². The average molecular weight is 502 g/mol. The Hall–Kier alpha value is -1.65. The third-order valence-corrected chi connectivity index (χ3v) is 9.36. The molecule has 1 aromatic carbocycles. The third kappa shape index (κ3) is 5.60. The molecule has 4 rings (SSSR count). The highest BCUT2D eigenvalue weighted by Gasteiger charge is 2.45. The van der Waals surface area contributed by atoms with E-state index in [4.69, 9.17) is 0 Å². The van der Waals surface area contributed by atoms with E-state index in [0.29, 0.717) is 44.0 Å². The number of alkyl halides is 3. The van der Waals surface area contributed by atoms with Gasteiger partial charge < -0.3 is 5.32 Å². The van der Waals surface area contributed by atoms with Crippen molar-refractivity contribution in [3.05, 3.63) is 35.4 Å². The molecule has 1 saturated carbocycles. The number of sulfonamides is 1. The van der Waals surface area contributed by atoms with Gasteiger partial charge in [0.05, 0.1) is 11.3 Å². The Labute approximate surface area is 199 Å². The minimum atomic E-state index is -4.36. The normalized spacial score (nSPS) is 28.4. The lowest BCUT2D eigenvalue weighted by molar-refractivity contribution is -0.137. The summed E-state index contributed by atoms with van der Waals surface area (Å²) in [5.41, 5.74) is -0.00536. The van der Waals surface area contributed by atoms with E-state index in [9.17, 15) is 26.4 Å². The van der Waals surface area contributed by atoms with E-state index in [2.05, 4.69) is 10.2 Å². The Kier molecular flexibility index (Phi) is 7.32. The molecule has 1 N–H and O–H groups in total. The van der Waals surface area contributed by atoms with Crippen LogP contribution in [0.25, 0.3) is 0 Å². The lowest BCUT2D eigenvalue weighted by Gasteiger charge is -2.29. The van der Waals surface area contributed by atoms with Crippen LogP contribution in [0.2, 0.25) is 0 Å². The molecule has 0 bridgehead atoms. The number of halogens is 3. The fourth-order valence-electron chi connectivity index (χ4n) is 5.86. The standard InChI is InChI=1S/C24H34F3N3O3S/c1-16(2)11-22(30-9-4-10-34(30,32)33)23(31)28-21-8-7-18-14-29(15-20(18)21)13-17-5-3-6-19(12-17)24(25,26)27/h3,5-6,12,16,18,20-22H,4,7-11,13-15H2,1-2H3,(H,28,31)/t18-,20+,21+,22-/m0/s1. The lowest BCUT2D eigenvalue weighted by Crippen LogP contribution is -2.52. The molecule has 34 heavy (non-hydrogen) atoms. The second-order valence-corrected chi connectivity index (χ2v) is 12.5. The number of hydrogen-bond acceptors (Lipinski definition) is 4. The molecule has 0 radical (unpaired) electrons. The van der Waals surface area contributed by atoms with Crippen LogP contribution < -0.4 is 5.32 Å². The first-order valence-corrected chi connectivity index (χ1v) is 13.7. The van der Waals surface area contributed by atoms with Crippen molar-refractivity contribution in [2.24, 2.45) is 17.8 Å². The summed E-state index contributed by atoms with van der Waals surface area (Å²) < 4.78 is 65.5. The summed E-state index contributed by atoms with van der Waals surface area (Å²) in [6.07, 6.45) is -1.54. The van der Waals surface area contributed by atoms with Crippen molar-refractivity contribution in [1.82, 2.24) is 14.5 Å². The number of amides is 1. The van der Waals surface area contributed by atoms with Crippen LogP contribution in [0.5, 0.6) is 0 Å². The molecule has 190 valence electrons. The van der Waals surface area contributed by atoms with Gasteiger partial charge in [0.15, 0.2) is 0 Å². The summed E-state index contributed by atoms with van der Waals surface area (Å²) in [5.74, 6) is 0.659. The van der Waals surface area contributed by atoms with Gasteiger partial charge in [-0.2, -0.15) is 17.5 Å². The van der Waals surface area contributed by atoms with Gasteiger partial charge in [-0.3, -0.25) is 9.69 Å². The van der Waals surface area contributed by atoms with Gasteiger partial charge in [-0.25, -0.2) is 8.42 Å². The van der Waals surface area contributed by atoms with Gasteiger partial charge in [0.25, 0.3) is 0 Å². The first-order chi connectivity index (χ1) is 15.9. The minimum absolute atomic E-state index is 0.0380. The predicted octanol–water partition coefficient (Wildman–Crippen LogP) is 3.48. The second kappa shape index (κ2) is 9.78. The van der Waals surface area contributed by atoms with Crippen LogP contribution in [0.15, 0.2) is 24.3 Å². The highest BCUT2D eigenvalue weighted by atomic mass is 32.2. The summed E-state index contributed by atoms with van der Waals surface area (Å²) in [6, 6.07) is 4.73. The number of benzene rings is 1. The van der Waals surface area contributed by atoms with Crippen molar-refractivity contribution < 1.29 is 26.4 Å². The zero-order valence-corrected chi connectivity index (χ0v) is 20.5. The number of nitrogens with one attached hydrogen (secondary N) is 1. The van der Waals surface area contributed by atoms with Gasteiger partial charge in [-0.1, -0.05) is 32.0 Å². The fourth-order valence-corrected chi connectivity index (χ4v) is 7.57. The van der Waals surface area contributed by atoms with E-state index < -0.39 is 27.8 Å². The molecule has 0 spiro atoms. The van der Waals surface area contributed by atoms with Crippen LogP contribution in [0.1, 0.15) is 50.7 Å². The van der Waals surface area contributed by atoms with Crippen LogP contribution in [-0.2, 0) is 27.5 Å². The molecule has 2 saturated heterocycles. The summed E-state index contributed by atoms with van der Waals surface area (Å²) in [6.45, 7) is 6.30. The summed E-state index contributed by atoms with van der Waals surface area (Å²) >= 11 is 0. The van der Waals surface area contributed by atoms with E-state index >= 15 is 0 Å². The van der Waals surface area contributed by atoms with Crippen molar-refractivity contribution in [3.8, 4) is 0 Å². The Morgan fingerprint density at radius 1 is 1.21 bits per heavy atom. The molecule has 1 aliphatic carbocycles. The predicted molar refractivity (Wildman–Crippen MR) is 123 cm³/mol. The molecule has 0 unspecified atom stereocenters. The van der Waals surface area contributed by atoms with Crippen LogP contribution in [0.3, 0.4) is 0 Å². The van der Waals surface area contributed by atoms with E-state index in [-0.39, 0.29) is 29.5 Å². The molecule has 2 aliphatic heterocycles. The maximum absolute atomic E-state index is 13.3. The molecule has 3 aliphatic rings.